The Morgan fingerprint density at radius 3 is 2.85 bits per heavy atom. The molecule has 1 saturated heterocycles. The molecule has 4 heteroatoms. The zero-order valence-corrected chi connectivity index (χ0v) is 7.70. The van der Waals surface area contributed by atoms with E-state index in [1.807, 2.05) is 11.1 Å². The third-order valence-electron chi connectivity index (χ3n) is 1.90. The molecular formula is C9H15N3O. The quantitative estimate of drug-likeness (QED) is 0.488. The Balaban J connectivity index is 2.28. The normalized spacial score (nSPS) is 18.5. The van der Waals surface area contributed by atoms with Crippen LogP contribution in [0.5, 0.6) is 0 Å². The molecule has 0 saturated carbocycles. The van der Waals surface area contributed by atoms with Gasteiger partial charge in [0.1, 0.15) is 0 Å². The van der Waals surface area contributed by atoms with Crippen molar-refractivity contribution in [3.63, 3.8) is 0 Å². The van der Waals surface area contributed by atoms with Gasteiger partial charge in [-0.2, -0.15) is 0 Å². The van der Waals surface area contributed by atoms with Gasteiger partial charge in [0.05, 0.1) is 6.67 Å². The van der Waals surface area contributed by atoms with Crippen molar-refractivity contribution in [1.82, 2.24) is 15.3 Å². The van der Waals surface area contributed by atoms with E-state index in [9.17, 15) is 4.79 Å². The SMILES string of the molecule is C=CCN1CCN(NC(=O)C=C)C1. The van der Waals surface area contributed by atoms with E-state index in [1.54, 1.807) is 0 Å². The summed E-state index contributed by atoms with van der Waals surface area (Å²) in [6, 6.07) is 0. The minimum atomic E-state index is -0.152. The number of nitrogens with one attached hydrogen (secondary N) is 1. The first-order valence-electron chi connectivity index (χ1n) is 4.27. The van der Waals surface area contributed by atoms with Gasteiger partial charge in [-0.05, 0) is 6.08 Å². The van der Waals surface area contributed by atoms with E-state index < -0.39 is 0 Å². The molecule has 4 nitrogen and oxygen atoms in total. The van der Waals surface area contributed by atoms with Gasteiger partial charge in [-0.25, -0.2) is 5.01 Å². The average molecular weight is 181 g/mol. The van der Waals surface area contributed by atoms with Crippen LogP contribution in [-0.2, 0) is 4.79 Å². The highest BCUT2D eigenvalue weighted by Crippen LogP contribution is 2.00. The maximum atomic E-state index is 10.9. The Morgan fingerprint density at radius 1 is 1.46 bits per heavy atom. The number of hydrogen-bond donors (Lipinski definition) is 1. The maximum absolute atomic E-state index is 10.9. The molecule has 13 heavy (non-hydrogen) atoms. The van der Waals surface area contributed by atoms with Crippen LogP contribution in [0.4, 0.5) is 0 Å². The fraction of sp³-hybridized carbons (Fsp3) is 0.444. The van der Waals surface area contributed by atoms with Crippen LogP contribution in [0.25, 0.3) is 0 Å². The molecule has 0 bridgehead atoms. The number of carbonyl (C=O) groups is 1. The van der Waals surface area contributed by atoms with Gasteiger partial charge < -0.3 is 0 Å². The third-order valence-corrected chi connectivity index (χ3v) is 1.90. The van der Waals surface area contributed by atoms with Crippen molar-refractivity contribution in [2.45, 2.75) is 0 Å². The molecule has 0 aromatic rings. The summed E-state index contributed by atoms with van der Waals surface area (Å²) >= 11 is 0. The second-order valence-corrected chi connectivity index (χ2v) is 2.95. The summed E-state index contributed by atoms with van der Waals surface area (Å²) in [5.41, 5.74) is 2.72. The lowest BCUT2D eigenvalue weighted by atomic mass is 10.5. The van der Waals surface area contributed by atoms with Crippen LogP contribution in [0.2, 0.25) is 0 Å². The van der Waals surface area contributed by atoms with Gasteiger partial charge in [-0.3, -0.25) is 15.1 Å². The van der Waals surface area contributed by atoms with E-state index >= 15 is 0 Å². The van der Waals surface area contributed by atoms with Gasteiger partial charge in [0.15, 0.2) is 0 Å². The largest absolute Gasteiger partial charge is 0.284 e. The maximum Gasteiger partial charge on any atom is 0.257 e. The molecular weight excluding hydrogens is 166 g/mol. The zero-order chi connectivity index (χ0) is 9.68. The first-order valence-corrected chi connectivity index (χ1v) is 4.27. The van der Waals surface area contributed by atoms with Gasteiger partial charge in [0.2, 0.25) is 0 Å². The van der Waals surface area contributed by atoms with Crippen molar-refractivity contribution in [3.8, 4) is 0 Å². The summed E-state index contributed by atoms with van der Waals surface area (Å²) < 4.78 is 0. The molecule has 1 N–H and O–H groups in total. The average Bonchev–Trinajstić information content (AvgIpc) is 2.53. The smallest absolute Gasteiger partial charge is 0.257 e. The predicted molar refractivity (Wildman–Crippen MR) is 51.7 cm³/mol. The summed E-state index contributed by atoms with van der Waals surface area (Å²) in [6.07, 6.45) is 3.13. The fourth-order valence-electron chi connectivity index (χ4n) is 1.27. The van der Waals surface area contributed by atoms with E-state index in [4.69, 9.17) is 0 Å². The number of amides is 1. The molecule has 1 fully saturated rings. The van der Waals surface area contributed by atoms with Gasteiger partial charge >= 0.3 is 0 Å². The summed E-state index contributed by atoms with van der Waals surface area (Å²) in [5.74, 6) is -0.152. The lowest BCUT2D eigenvalue weighted by Gasteiger charge is -2.16. The molecule has 0 aromatic carbocycles. The lowest BCUT2D eigenvalue weighted by Crippen LogP contribution is -2.40. The van der Waals surface area contributed by atoms with Crippen molar-refractivity contribution in [1.29, 1.82) is 0 Å². The van der Waals surface area contributed by atoms with Crippen LogP contribution in [0.3, 0.4) is 0 Å². The van der Waals surface area contributed by atoms with Crippen LogP contribution in [0.15, 0.2) is 25.3 Å². The molecule has 1 rings (SSSR count). The van der Waals surface area contributed by atoms with Crippen LogP contribution in [-0.4, -0.2) is 42.1 Å². The van der Waals surface area contributed by atoms with E-state index in [0.717, 1.165) is 26.3 Å². The van der Waals surface area contributed by atoms with Gasteiger partial charge in [-0.15, -0.1) is 6.58 Å². The molecule has 0 radical (unpaired) electrons. The molecule has 1 amide bonds. The van der Waals surface area contributed by atoms with E-state index in [-0.39, 0.29) is 5.91 Å². The molecule has 0 unspecified atom stereocenters. The summed E-state index contributed by atoms with van der Waals surface area (Å²) in [5, 5.41) is 1.87. The minimum Gasteiger partial charge on any atom is -0.284 e. The third kappa shape index (κ3) is 3.01. The number of nitrogens with zero attached hydrogens (tertiary/aromatic N) is 2. The Kier molecular flexibility index (Phi) is 3.67. The first-order chi connectivity index (χ1) is 6.26. The van der Waals surface area contributed by atoms with Crippen LogP contribution in [0, 0.1) is 0 Å². The molecule has 0 spiro atoms. The number of hydrazine groups is 1. The Labute approximate surface area is 78.5 Å². The molecule has 1 aliphatic rings. The predicted octanol–water partition coefficient (Wildman–Crippen LogP) is -0.0353. The molecule has 0 aromatic heterocycles. The highest BCUT2D eigenvalue weighted by atomic mass is 16.2. The standard InChI is InChI=1S/C9H15N3O/c1-3-5-11-6-7-12(8-11)10-9(13)4-2/h3-4H,1-2,5-8H2,(H,10,13). The van der Waals surface area contributed by atoms with E-state index in [2.05, 4.69) is 23.5 Å². The molecule has 1 aliphatic heterocycles. The van der Waals surface area contributed by atoms with Crippen molar-refractivity contribution in [3.05, 3.63) is 25.3 Å². The topological polar surface area (TPSA) is 35.6 Å². The van der Waals surface area contributed by atoms with Crippen molar-refractivity contribution >= 4 is 5.91 Å². The first kappa shape index (κ1) is 9.95. The monoisotopic (exact) mass is 181 g/mol. The second-order valence-electron chi connectivity index (χ2n) is 2.95. The van der Waals surface area contributed by atoms with Crippen molar-refractivity contribution < 1.29 is 4.79 Å². The zero-order valence-electron chi connectivity index (χ0n) is 7.70. The van der Waals surface area contributed by atoms with Crippen LogP contribution >= 0.6 is 0 Å². The van der Waals surface area contributed by atoms with Crippen molar-refractivity contribution in [2.24, 2.45) is 0 Å². The van der Waals surface area contributed by atoms with Gasteiger partial charge in [0.25, 0.3) is 5.91 Å². The Hall–Kier alpha value is -1.13. The van der Waals surface area contributed by atoms with E-state index in [0.29, 0.717) is 0 Å². The van der Waals surface area contributed by atoms with Crippen LogP contribution < -0.4 is 5.43 Å². The highest BCUT2D eigenvalue weighted by molar-refractivity contribution is 5.86. The summed E-state index contributed by atoms with van der Waals surface area (Å²) in [6.45, 7) is 10.5. The van der Waals surface area contributed by atoms with Gasteiger partial charge in [0, 0.05) is 19.6 Å². The number of carbonyl (C=O) groups excluding carboxylic acids is 1. The minimum absolute atomic E-state index is 0.152. The number of rotatable bonds is 4. The summed E-state index contributed by atoms with van der Waals surface area (Å²) in [4.78, 5) is 13.1. The number of hydrogen-bond acceptors (Lipinski definition) is 3. The highest BCUT2D eigenvalue weighted by Gasteiger charge is 2.18. The Bertz CT molecular complexity index is 215. The molecule has 0 aliphatic carbocycles. The van der Waals surface area contributed by atoms with Crippen molar-refractivity contribution in [2.75, 3.05) is 26.3 Å². The fourth-order valence-corrected chi connectivity index (χ4v) is 1.27. The molecule has 1 heterocycles. The second kappa shape index (κ2) is 4.79. The molecule has 72 valence electrons. The van der Waals surface area contributed by atoms with E-state index in [1.165, 1.54) is 6.08 Å². The Morgan fingerprint density at radius 2 is 2.23 bits per heavy atom. The lowest BCUT2D eigenvalue weighted by molar-refractivity contribution is -0.120. The van der Waals surface area contributed by atoms with Gasteiger partial charge in [-0.1, -0.05) is 12.7 Å². The molecule has 0 atom stereocenters. The summed E-state index contributed by atoms with van der Waals surface area (Å²) in [7, 11) is 0. The van der Waals surface area contributed by atoms with Crippen LogP contribution in [0.1, 0.15) is 0 Å².